The van der Waals surface area contributed by atoms with Crippen LogP contribution in [-0.4, -0.2) is 16.6 Å². The Morgan fingerprint density at radius 3 is 2.79 bits per heavy atom. The molecular weight excluding hydrogens is 301 g/mol. The van der Waals surface area contributed by atoms with Crippen molar-refractivity contribution < 1.29 is 4.39 Å². The molecule has 24 heavy (non-hydrogen) atoms. The van der Waals surface area contributed by atoms with E-state index in [1.165, 1.54) is 17.2 Å². The maximum atomic E-state index is 12.2. The molecule has 0 saturated heterocycles. The van der Waals surface area contributed by atoms with Crippen LogP contribution in [0.1, 0.15) is 12.5 Å². The smallest absolute Gasteiger partial charge is 0.137 e. The lowest BCUT2D eigenvalue weighted by atomic mass is 10.0. The highest BCUT2D eigenvalue weighted by Gasteiger charge is 2.05. The van der Waals surface area contributed by atoms with Crippen molar-refractivity contribution in [3.8, 4) is 11.1 Å². The summed E-state index contributed by atoms with van der Waals surface area (Å²) in [5, 5.41) is 4.42. The zero-order valence-corrected chi connectivity index (χ0v) is 13.6. The third-order valence-corrected chi connectivity index (χ3v) is 3.92. The molecule has 0 atom stereocenters. The summed E-state index contributed by atoms with van der Waals surface area (Å²) >= 11 is 0. The Bertz CT molecular complexity index is 860. The van der Waals surface area contributed by atoms with Gasteiger partial charge in [-0.3, -0.25) is 0 Å². The molecule has 0 unspecified atom stereocenters. The molecule has 3 nitrogen and oxygen atoms in total. The van der Waals surface area contributed by atoms with E-state index in [1.54, 1.807) is 6.08 Å². The van der Waals surface area contributed by atoms with E-state index in [9.17, 15) is 4.39 Å². The molecule has 0 radical (unpaired) electrons. The minimum absolute atomic E-state index is 0.451. The van der Waals surface area contributed by atoms with E-state index in [2.05, 4.69) is 39.6 Å². The second-order valence-corrected chi connectivity index (χ2v) is 5.45. The van der Waals surface area contributed by atoms with Crippen LogP contribution < -0.4 is 5.32 Å². The number of hydrogen-bond donors (Lipinski definition) is 2. The van der Waals surface area contributed by atoms with Gasteiger partial charge in [-0.15, -0.1) is 0 Å². The molecule has 0 aliphatic carbocycles. The Morgan fingerprint density at radius 1 is 1.21 bits per heavy atom. The summed E-state index contributed by atoms with van der Waals surface area (Å²) in [5.74, 6) is 0. The van der Waals surface area contributed by atoms with Crippen LogP contribution in [-0.2, 0) is 6.54 Å². The van der Waals surface area contributed by atoms with Gasteiger partial charge in [0, 0.05) is 30.0 Å². The van der Waals surface area contributed by atoms with E-state index in [4.69, 9.17) is 0 Å². The Hall–Kier alpha value is -2.88. The number of halogens is 1. The second kappa shape index (κ2) is 7.59. The number of rotatable bonds is 6. The van der Waals surface area contributed by atoms with Crippen LogP contribution in [0.15, 0.2) is 72.7 Å². The number of aromatic amines is 1. The molecule has 0 fully saturated rings. The van der Waals surface area contributed by atoms with Crippen molar-refractivity contribution in [3.05, 3.63) is 78.3 Å². The number of hydrogen-bond acceptors (Lipinski definition) is 2. The van der Waals surface area contributed by atoms with E-state index >= 15 is 0 Å². The number of allylic oxidation sites excluding steroid dienone is 3. The molecule has 3 rings (SSSR count). The molecule has 0 bridgehead atoms. The largest absolute Gasteiger partial charge is 0.381 e. The van der Waals surface area contributed by atoms with Crippen LogP contribution in [0.3, 0.4) is 0 Å². The van der Waals surface area contributed by atoms with Crippen LogP contribution in [0.25, 0.3) is 22.2 Å². The number of alkyl halides is 1. The van der Waals surface area contributed by atoms with Crippen LogP contribution in [0.2, 0.25) is 0 Å². The number of fused-ring (bicyclic) bond motifs is 1. The van der Waals surface area contributed by atoms with Crippen molar-refractivity contribution in [2.24, 2.45) is 0 Å². The van der Waals surface area contributed by atoms with Crippen molar-refractivity contribution in [1.82, 2.24) is 15.3 Å². The van der Waals surface area contributed by atoms with Gasteiger partial charge >= 0.3 is 0 Å². The molecule has 4 heteroatoms. The average Bonchev–Trinajstić information content (AvgIpc) is 3.11. The fraction of sp³-hybridized carbons (Fsp3) is 0.150. The van der Waals surface area contributed by atoms with Crippen molar-refractivity contribution in [1.29, 1.82) is 0 Å². The SMILES string of the molecule is C/C=C(\C=C/CF)NCc1ccc(-c2ccnc3[nH]ccc23)cc1. The summed E-state index contributed by atoms with van der Waals surface area (Å²) in [6.45, 7) is 2.18. The maximum absolute atomic E-state index is 12.2. The maximum Gasteiger partial charge on any atom is 0.137 e. The standard InChI is InChI=1S/C20H20FN3/c1-2-17(4-3-11-21)24-14-15-5-7-16(8-6-15)18-9-12-22-20-19(18)10-13-23-20/h2-10,12-13,24H,11,14H2,1H3,(H,22,23)/b4-3-,17-2+. The summed E-state index contributed by atoms with van der Waals surface area (Å²) in [5.41, 5.74) is 5.32. The highest BCUT2D eigenvalue weighted by atomic mass is 19.1. The molecule has 0 saturated carbocycles. The average molecular weight is 321 g/mol. The number of nitrogens with zero attached hydrogens (tertiary/aromatic N) is 1. The molecule has 1 aromatic carbocycles. The van der Waals surface area contributed by atoms with Gasteiger partial charge in [0.25, 0.3) is 0 Å². The van der Waals surface area contributed by atoms with Crippen LogP contribution in [0.5, 0.6) is 0 Å². The summed E-state index contributed by atoms with van der Waals surface area (Å²) in [6.07, 6.45) is 8.91. The second-order valence-electron chi connectivity index (χ2n) is 5.45. The molecule has 2 aromatic heterocycles. The lowest BCUT2D eigenvalue weighted by molar-refractivity contribution is 0.561. The molecule has 0 amide bonds. The highest BCUT2D eigenvalue weighted by molar-refractivity contribution is 5.92. The predicted octanol–water partition coefficient (Wildman–Crippen LogP) is 4.75. The first-order chi connectivity index (χ1) is 11.8. The van der Waals surface area contributed by atoms with Crippen molar-refractivity contribution in [3.63, 3.8) is 0 Å². The van der Waals surface area contributed by atoms with E-state index in [1.807, 2.05) is 37.5 Å². The van der Waals surface area contributed by atoms with Gasteiger partial charge in [0.05, 0.1) is 0 Å². The van der Waals surface area contributed by atoms with Crippen LogP contribution in [0, 0.1) is 0 Å². The quantitative estimate of drug-likeness (QED) is 0.643. The predicted molar refractivity (Wildman–Crippen MR) is 97.2 cm³/mol. The number of pyridine rings is 1. The van der Waals surface area contributed by atoms with Crippen molar-refractivity contribution in [2.45, 2.75) is 13.5 Å². The van der Waals surface area contributed by atoms with Crippen LogP contribution in [0.4, 0.5) is 4.39 Å². The Kier molecular flexibility index (Phi) is 5.06. The first-order valence-electron chi connectivity index (χ1n) is 7.96. The minimum Gasteiger partial charge on any atom is -0.381 e. The van der Waals surface area contributed by atoms with Crippen molar-refractivity contribution in [2.75, 3.05) is 6.67 Å². The molecule has 0 spiro atoms. The Labute approximate surface area is 140 Å². The van der Waals surface area contributed by atoms with Gasteiger partial charge in [-0.25, -0.2) is 9.37 Å². The fourth-order valence-corrected chi connectivity index (χ4v) is 2.65. The molecule has 0 aliphatic rings. The number of H-pyrrole nitrogens is 1. The first kappa shape index (κ1) is 16.0. The Morgan fingerprint density at radius 2 is 2.04 bits per heavy atom. The third-order valence-electron chi connectivity index (χ3n) is 3.92. The van der Waals surface area contributed by atoms with E-state index in [0.29, 0.717) is 6.54 Å². The molecule has 2 heterocycles. The fourth-order valence-electron chi connectivity index (χ4n) is 2.65. The van der Waals surface area contributed by atoms with Gasteiger partial charge in [0.2, 0.25) is 0 Å². The minimum atomic E-state index is -0.451. The van der Waals surface area contributed by atoms with Crippen LogP contribution >= 0.6 is 0 Å². The van der Waals surface area contributed by atoms with Gasteiger partial charge in [-0.1, -0.05) is 36.4 Å². The van der Waals surface area contributed by atoms with E-state index < -0.39 is 6.67 Å². The lowest BCUT2D eigenvalue weighted by Crippen LogP contribution is -2.11. The number of aromatic nitrogens is 2. The lowest BCUT2D eigenvalue weighted by Gasteiger charge is -2.09. The molecule has 3 aromatic rings. The number of benzene rings is 1. The summed E-state index contributed by atoms with van der Waals surface area (Å²) in [4.78, 5) is 7.46. The molecule has 2 N–H and O–H groups in total. The first-order valence-corrected chi connectivity index (χ1v) is 7.96. The number of nitrogens with one attached hydrogen (secondary N) is 2. The van der Waals surface area contributed by atoms with Crippen molar-refractivity contribution >= 4 is 11.0 Å². The molecule has 0 aliphatic heterocycles. The monoisotopic (exact) mass is 321 g/mol. The zero-order valence-electron chi connectivity index (χ0n) is 13.6. The zero-order chi connectivity index (χ0) is 16.8. The highest BCUT2D eigenvalue weighted by Crippen LogP contribution is 2.27. The van der Waals surface area contributed by atoms with Gasteiger partial charge in [-0.2, -0.15) is 0 Å². The van der Waals surface area contributed by atoms with Gasteiger partial charge in [-0.05, 0) is 41.8 Å². The summed E-state index contributed by atoms with van der Waals surface area (Å²) in [7, 11) is 0. The third kappa shape index (κ3) is 3.54. The van der Waals surface area contributed by atoms with E-state index in [0.717, 1.165) is 22.3 Å². The summed E-state index contributed by atoms with van der Waals surface area (Å²) in [6, 6.07) is 12.5. The van der Waals surface area contributed by atoms with E-state index in [-0.39, 0.29) is 0 Å². The normalized spacial score (nSPS) is 12.2. The van der Waals surface area contributed by atoms with Gasteiger partial charge in [0.1, 0.15) is 12.3 Å². The summed E-state index contributed by atoms with van der Waals surface area (Å²) < 4.78 is 12.2. The Balaban J connectivity index is 1.74. The van der Waals surface area contributed by atoms with Gasteiger partial charge in [0.15, 0.2) is 0 Å². The van der Waals surface area contributed by atoms with Gasteiger partial charge < -0.3 is 10.3 Å². The molecular formula is C20H20FN3. The topological polar surface area (TPSA) is 40.7 Å². The molecule has 122 valence electrons.